The van der Waals surface area contributed by atoms with Crippen molar-refractivity contribution in [1.82, 2.24) is 9.80 Å². The average Bonchev–Trinajstić information content (AvgIpc) is 3.10. The van der Waals surface area contributed by atoms with Gasteiger partial charge >= 0.3 is 0 Å². The van der Waals surface area contributed by atoms with Crippen molar-refractivity contribution in [2.45, 2.75) is 59.5 Å². The number of nitriles is 1. The van der Waals surface area contributed by atoms with Gasteiger partial charge in [-0.05, 0) is 88.6 Å². The van der Waals surface area contributed by atoms with Crippen LogP contribution >= 0.6 is 0 Å². The molecule has 1 aromatic carbocycles. The number of benzene rings is 1. The Morgan fingerprint density at radius 2 is 1.46 bits per heavy atom. The summed E-state index contributed by atoms with van der Waals surface area (Å²) in [4.78, 5) is 5.03. The maximum Gasteiger partial charge on any atom is 0.118 e. The third kappa shape index (κ3) is 7.88. The minimum Gasteiger partial charge on any atom is -0.465 e. The predicted molar refractivity (Wildman–Crippen MR) is 115 cm³/mol. The molecule has 0 radical (unpaired) electrons. The van der Waals surface area contributed by atoms with Crippen LogP contribution in [-0.2, 0) is 13.1 Å². The van der Waals surface area contributed by atoms with E-state index in [1.807, 2.05) is 25.1 Å². The van der Waals surface area contributed by atoms with E-state index in [4.69, 9.17) is 9.68 Å². The zero-order valence-electron chi connectivity index (χ0n) is 17.8. The summed E-state index contributed by atoms with van der Waals surface area (Å²) in [6, 6.07) is 14.2. The molecule has 0 N–H and O–H groups in total. The Kier molecular flexibility index (Phi) is 9.82. The molecule has 0 saturated heterocycles. The van der Waals surface area contributed by atoms with E-state index >= 15 is 0 Å². The van der Waals surface area contributed by atoms with Crippen molar-refractivity contribution in [2.75, 3.05) is 26.2 Å². The van der Waals surface area contributed by atoms with E-state index in [1.54, 1.807) is 0 Å². The van der Waals surface area contributed by atoms with E-state index in [1.165, 1.54) is 50.9 Å². The highest BCUT2D eigenvalue weighted by Crippen LogP contribution is 2.14. The number of rotatable bonds is 13. The molecule has 4 nitrogen and oxygen atoms in total. The number of unbranched alkanes of at least 4 members (excludes halogenated alkanes) is 1. The van der Waals surface area contributed by atoms with Gasteiger partial charge in [0.25, 0.3) is 0 Å². The Balaban J connectivity index is 1.90. The second-order valence-corrected chi connectivity index (χ2v) is 7.58. The molecule has 0 amide bonds. The number of hydrogen-bond donors (Lipinski definition) is 0. The van der Waals surface area contributed by atoms with Gasteiger partial charge in [0.2, 0.25) is 0 Å². The average molecular weight is 382 g/mol. The van der Waals surface area contributed by atoms with Gasteiger partial charge in [-0.2, -0.15) is 5.26 Å². The molecule has 0 spiro atoms. The zero-order chi connectivity index (χ0) is 20.2. The number of aryl methyl sites for hydroxylation is 1. The molecule has 4 heteroatoms. The molecule has 2 rings (SSSR count). The third-order valence-corrected chi connectivity index (χ3v) is 4.94. The molecule has 0 unspecified atom stereocenters. The maximum absolute atomic E-state index is 9.00. The highest BCUT2D eigenvalue weighted by Gasteiger charge is 2.11. The van der Waals surface area contributed by atoms with Gasteiger partial charge in [0.15, 0.2) is 0 Å². The number of nitrogens with zero attached hydrogens (tertiary/aromatic N) is 3. The van der Waals surface area contributed by atoms with Crippen molar-refractivity contribution in [3.63, 3.8) is 0 Å². The van der Waals surface area contributed by atoms with Gasteiger partial charge in [0.05, 0.1) is 18.2 Å². The lowest BCUT2D eigenvalue weighted by Crippen LogP contribution is -2.28. The Bertz CT molecular complexity index is 708. The molecule has 28 heavy (non-hydrogen) atoms. The highest BCUT2D eigenvalue weighted by atomic mass is 16.3. The lowest BCUT2D eigenvalue weighted by Gasteiger charge is -2.24. The van der Waals surface area contributed by atoms with E-state index in [0.29, 0.717) is 5.56 Å². The molecule has 2 aromatic rings. The fourth-order valence-electron chi connectivity index (χ4n) is 3.59. The van der Waals surface area contributed by atoms with Crippen LogP contribution in [-0.4, -0.2) is 36.0 Å². The minimum absolute atomic E-state index is 0.712. The summed E-state index contributed by atoms with van der Waals surface area (Å²) in [5.41, 5.74) is 1.95. The summed E-state index contributed by atoms with van der Waals surface area (Å²) in [5.74, 6) is 1.98. The summed E-state index contributed by atoms with van der Waals surface area (Å²) in [6.45, 7) is 12.8. The lowest BCUT2D eigenvalue weighted by molar-refractivity contribution is 0.217. The van der Waals surface area contributed by atoms with Gasteiger partial charge in [0.1, 0.15) is 11.5 Å². The molecule has 152 valence electrons. The maximum atomic E-state index is 9.00. The van der Waals surface area contributed by atoms with Gasteiger partial charge < -0.3 is 9.32 Å². The Labute approximate surface area is 170 Å². The molecule has 1 aromatic heterocycles. The first-order valence-corrected chi connectivity index (χ1v) is 10.6. The van der Waals surface area contributed by atoms with Crippen LogP contribution in [0.4, 0.5) is 0 Å². The first kappa shape index (κ1) is 22.2. The Morgan fingerprint density at radius 1 is 0.821 bits per heavy atom. The fraction of sp³-hybridized carbons (Fsp3) is 0.542. The molecule has 0 atom stereocenters. The normalized spacial score (nSPS) is 11.3. The molecule has 0 saturated carbocycles. The molecular weight excluding hydrogens is 346 g/mol. The van der Waals surface area contributed by atoms with Crippen molar-refractivity contribution in [3.05, 3.63) is 59.0 Å². The van der Waals surface area contributed by atoms with Gasteiger partial charge in [0, 0.05) is 6.54 Å². The van der Waals surface area contributed by atoms with E-state index in [0.717, 1.165) is 31.2 Å². The van der Waals surface area contributed by atoms with Crippen LogP contribution in [0.3, 0.4) is 0 Å². The molecule has 0 aliphatic heterocycles. The minimum atomic E-state index is 0.712. The first-order chi connectivity index (χ1) is 13.6. The first-order valence-electron chi connectivity index (χ1n) is 10.6. The summed E-state index contributed by atoms with van der Waals surface area (Å²) in [6.07, 6.45) is 4.85. The van der Waals surface area contributed by atoms with Crippen molar-refractivity contribution in [3.8, 4) is 6.07 Å². The van der Waals surface area contributed by atoms with Crippen LogP contribution < -0.4 is 0 Å². The monoisotopic (exact) mass is 381 g/mol. The SMILES string of the molecule is CCCN(CCC)CCCCN(Cc1ccc(C#N)cc1)Cc1ccc(C)o1. The van der Waals surface area contributed by atoms with Crippen molar-refractivity contribution in [2.24, 2.45) is 0 Å². The van der Waals surface area contributed by atoms with E-state index in [2.05, 4.69) is 47.9 Å². The molecule has 0 aliphatic rings. The Hall–Kier alpha value is -2.09. The number of hydrogen-bond acceptors (Lipinski definition) is 4. The van der Waals surface area contributed by atoms with Crippen molar-refractivity contribution in [1.29, 1.82) is 5.26 Å². The quantitative estimate of drug-likeness (QED) is 0.438. The topological polar surface area (TPSA) is 43.4 Å². The van der Waals surface area contributed by atoms with Crippen LogP contribution in [0.25, 0.3) is 0 Å². The second-order valence-electron chi connectivity index (χ2n) is 7.58. The van der Waals surface area contributed by atoms with Crippen LogP contribution in [0.2, 0.25) is 0 Å². The summed E-state index contributed by atoms with van der Waals surface area (Å²) in [7, 11) is 0. The smallest absolute Gasteiger partial charge is 0.118 e. The Morgan fingerprint density at radius 3 is 2.00 bits per heavy atom. The van der Waals surface area contributed by atoms with E-state index in [-0.39, 0.29) is 0 Å². The van der Waals surface area contributed by atoms with Gasteiger partial charge in [-0.1, -0.05) is 26.0 Å². The second kappa shape index (κ2) is 12.4. The number of furan rings is 1. The summed E-state index contributed by atoms with van der Waals surface area (Å²) in [5, 5.41) is 9.00. The standard InChI is InChI=1S/C24H35N3O/c1-4-14-26(15-5-2)16-6-7-17-27(20-24-13-8-21(3)28-24)19-23-11-9-22(18-25)10-12-23/h8-13H,4-7,14-17,19-20H2,1-3H3. The highest BCUT2D eigenvalue weighted by molar-refractivity contribution is 5.31. The van der Waals surface area contributed by atoms with Crippen LogP contribution in [0.15, 0.2) is 40.8 Å². The van der Waals surface area contributed by atoms with Crippen LogP contribution in [0.1, 0.15) is 62.2 Å². The lowest BCUT2D eigenvalue weighted by atomic mass is 10.1. The van der Waals surface area contributed by atoms with E-state index < -0.39 is 0 Å². The molecule has 1 heterocycles. The largest absolute Gasteiger partial charge is 0.465 e. The third-order valence-electron chi connectivity index (χ3n) is 4.94. The molecule has 0 bridgehead atoms. The van der Waals surface area contributed by atoms with Crippen LogP contribution in [0, 0.1) is 18.3 Å². The van der Waals surface area contributed by atoms with E-state index in [9.17, 15) is 0 Å². The molecule has 0 aliphatic carbocycles. The van der Waals surface area contributed by atoms with Gasteiger partial charge in [-0.3, -0.25) is 4.90 Å². The van der Waals surface area contributed by atoms with Gasteiger partial charge in [-0.15, -0.1) is 0 Å². The fourth-order valence-corrected chi connectivity index (χ4v) is 3.59. The van der Waals surface area contributed by atoms with Crippen LogP contribution in [0.5, 0.6) is 0 Å². The van der Waals surface area contributed by atoms with Gasteiger partial charge in [-0.25, -0.2) is 0 Å². The summed E-state index contributed by atoms with van der Waals surface area (Å²) < 4.78 is 5.80. The zero-order valence-corrected chi connectivity index (χ0v) is 17.8. The molecular formula is C24H35N3O. The summed E-state index contributed by atoms with van der Waals surface area (Å²) >= 11 is 0. The van der Waals surface area contributed by atoms with Crippen molar-refractivity contribution >= 4 is 0 Å². The van der Waals surface area contributed by atoms with Crippen molar-refractivity contribution < 1.29 is 4.42 Å². The predicted octanol–water partition coefficient (Wildman–Crippen LogP) is 5.36. The molecule has 0 fully saturated rings.